The van der Waals surface area contributed by atoms with Crippen molar-refractivity contribution < 1.29 is 24.3 Å². The summed E-state index contributed by atoms with van der Waals surface area (Å²) in [5.74, 6) is -4.83. The lowest BCUT2D eigenvalue weighted by molar-refractivity contribution is -0.135. The van der Waals surface area contributed by atoms with Crippen molar-refractivity contribution in [2.45, 2.75) is 30.6 Å². The molecule has 3 aliphatic carbocycles. The second-order valence-corrected chi connectivity index (χ2v) is 16.3. The fraction of sp³-hybridized carbons (Fsp3) is 0.216. The van der Waals surface area contributed by atoms with Crippen molar-refractivity contribution in [3.05, 3.63) is 180 Å². The number of aromatic hydroxyl groups is 1. The first-order valence-electron chi connectivity index (χ1n) is 20.3. The Labute approximate surface area is 349 Å². The van der Waals surface area contributed by atoms with Gasteiger partial charge in [0.05, 0.1) is 34.3 Å². The number of amides is 2. The molecule has 9 rings (SSSR count). The highest BCUT2D eigenvalue weighted by atomic mass is 16.3. The number of Topliss-reactive ketones (excluding diaryl/α,β-unsaturated/α-hetero) is 1. The second-order valence-electron chi connectivity index (χ2n) is 16.3. The number of hydrogen-bond donors (Lipinski definition) is 1. The molecule has 1 aliphatic heterocycles. The van der Waals surface area contributed by atoms with E-state index in [0.29, 0.717) is 51.3 Å². The maximum absolute atomic E-state index is 15.3. The van der Waals surface area contributed by atoms with Gasteiger partial charge in [-0.15, -0.1) is 6.58 Å². The Hall–Kier alpha value is -7.00. The van der Waals surface area contributed by atoms with Crippen molar-refractivity contribution in [2.75, 3.05) is 23.9 Å². The molecule has 4 aliphatic rings. The maximum atomic E-state index is 15.3. The lowest BCUT2D eigenvalue weighted by Crippen LogP contribution is -2.58. The Bertz CT molecular complexity index is 2630. The van der Waals surface area contributed by atoms with Crippen LogP contribution >= 0.6 is 0 Å². The van der Waals surface area contributed by atoms with Crippen LogP contribution in [0.4, 0.5) is 22.7 Å². The molecule has 0 radical (unpaired) electrons. The largest absolute Gasteiger partial charge is 0.507 e. The molecule has 5 aromatic carbocycles. The zero-order valence-electron chi connectivity index (χ0n) is 33.4. The molecule has 1 heterocycles. The number of para-hydroxylation sites is 1. The maximum Gasteiger partial charge on any atom is 0.238 e. The van der Waals surface area contributed by atoms with Crippen LogP contribution in [0.5, 0.6) is 5.75 Å². The Morgan fingerprint density at radius 2 is 1.43 bits per heavy atom. The molecule has 298 valence electrons. The molecule has 6 atom stereocenters. The van der Waals surface area contributed by atoms with Gasteiger partial charge in [0.1, 0.15) is 5.75 Å². The van der Waals surface area contributed by atoms with Gasteiger partial charge in [-0.1, -0.05) is 96.6 Å². The smallest absolute Gasteiger partial charge is 0.238 e. The van der Waals surface area contributed by atoms with Gasteiger partial charge in [-0.05, 0) is 96.5 Å². The summed E-state index contributed by atoms with van der Waals surface area (Å²) in [6, 6.07) is 38.6. The molecule has 60 heavy (non-hydrogen) atoms. The van der Waals surface area contributed by atoms with Gasteiger partial charge in [0.25, 0.3) is 0 Å². The molecular formula is C51H44N4O5. The fourth-order valence-electron chi connectivity index (χ4n) is 10.2. The number of phenolic OH excluding ortho intramolecular Hbond substituents is 1. The minimum atomic E-state index is -1.44. The van der Waals surface area contributed by atoms with Gasteiger partial charge in [0.15, 0.2) is 11.6 Å². The molecule has 2 amide bonds. The van der Waals surface area contributed by atoms with Crippen LogP contribution in [0.15, 0.2) is 168 Å². The number of carbonyl (C=O) groups excluding carboxylic acids is 4. The summed E-state index contributed by atoms with van der Waals surface area (Å²) in [6.45, 7) is 3.89. The highest BCUT2D eigenvalue weighted by molar-refractivity contribution is 6.32. The molecular weight excluding hydrogens is 749 g/mol. The summed E-state index contributed by atoms with van der Waals surface area (Å²) in [5.41, 5.74) is 4.82. The Morgan fingerprint density at radius 3 is 2.08 bits per heavy atom. The number of fused-ring (bicyclic) bond motifs is 4. The van der Waals surface area contributed by atoms with Crippen molar-refractivity contribution in [1.29, 1.82) is 0 Å². The molecule has 1 N–H and O–H groups in total. The standard InChI is InChI=1S/C51H44N4O5/c1-4-12-32-15-11-18-40(47(32)57)46-38-27-28-39-45(50(60)55(49(39)59)37-25-21-35(22-26-37)53-52-34-19-23-36(24-20-34)54(2)3)42(38)29-43-48(58)41(31-13-7-5-8-14-31)30-44(56)51(43,46)33-16-9-6-10-17-33/h4-11,13-27,30,39,42-43,45-46,57H,1,12,28-29H2,2-3H3/t39-,42+,43-,45-,46+,51-/m0/s1. The lowest BCUT2D eigenvalue weighted by Gasteiger charge is -2.55. The zero-order chi connectivity index (χ0) is 41.7. The first-order chi connectivity index (χ1) is 29.1. The molecule has 0 bridgehead atoms. The lowest BCUT2D eigenvalue weighted by atomic mass is 9.44. The number of hydrogen-bond acceptors (Lipinski definition) is 8. The molecule has 1 saturated carbocycles. The molecule has 5 aromatic rings. The molecule has 0 aromatic heterocycles. The first-order valence-corrected chi connectivity index (χ1v) is 20.3. The average Bonchev–Trinajstić information content (AvgIpc) is 3.53. The number of allylic oxidation sites excluding steroid dienone is 5. The van der Waals surface area contributed by atoms with Gasteiger partial charge in [-0.2, -0.15) is 10.2 Å². The van der Waals surface area contributed by atoms with E-state index in [9.17, 15) is 14.7 Å². The fourth-order valence-corrected chi connectivity index (χ4v) is 10.2. The third-order valence-electron chi connectivity index (χ3n) is 13.0. The normalized spacial score (nSPS) is 24.7. The van der Waals surface area contributed by atoms with E-state index >= 15 is 9.59 Å². The Morgan fingerprint density at radius 1 is 0.783 bits per heavy atom. The van der Waals surface area contributed by atoms with Crippen LogP contribution in [-0.2, 0) is 31.0 Å². The monoisotopic (exact) mass is 792 g/mol. The molecule has 9 heteroatoms. The van der Waals surface area contributed by atoms with E-state index in [2.05, 4.69) is 16.8 Å². The molecule has 2 fully saturated rings. The first kappa shape index (κ1) is 38.5. The van der Waals surface area contributed by atoms with Gasteiger partial charge in [-0.25, -0.2) is 0 Å². The third-order valence-corrected chi connectivity index (χ3v) is 13.0. The summed E-state index contributed by atoms with van der Waals surface area (Å²) in [5, 5.41) is 20.8. The van der Waals surface area contributed by atoms with Gasteiger partial charge < -0.3 is 10.0 Å². The summed E-state index contributed by atoms with van der Waals surface area (Å²) >= 11 is 0. The summed E-state index contributed by atoms with van der Waals surface area (Å²) in [6.07, 6.45) is 6.03. The van der Waals surface area contributed by atoms with Crippen molar-refractivity contribution in [2.24, 2.45) is 33.9 Å². The number of ketones is 2. The van der Waals surface area contributed by atoms with E-state index in [1.165, 1.54) is 11.0 Å². The van der Waals surface area contributed by atoms with Crippen molar-refractivity contribution in [3.63, 3.8) is 0 Å². The molecule has 0 unspecified atom stereocenters. The summed E-state index contributed by atoms with van der Waals surface area (Å²) in [7, 11) is 3.94. The molecule has 0 spiro atoms. The van der Waals surface area contributed by atoms with Crippen LogP contribution in [0, 0.1) is 23.7 Å². The van der Waals surface area contributed by atoms with Crippen LogP contribution in [0.1, 0.15) is 41.0 Å². The number of benzene rings is 5. The van der Waals surface area contributed by atoms with E-state index in [-0.39, 0.29) is 42.0 Å². The van der Waals surface area contributed by atoms with Crippen molar-refractivity contribution in [3.8, 4) is 5.75 Å². The Balaban J connectivity index is 1.14. The van der Waals surface area contributed by atoms with Crippen LogP contribution in [0.25, 0.3) is 5.57 Å². The van der Waals surface area contributed by atoms with Gasteiger partial charge in [0.2, 0.25) is 11.8 Å². The number of phenols is 1. The summed E-state index contributed by atoms with van der Waals surface area (Å²) < 4.78 is 0. The SMILES string of the molecule is C=CCc1cccc([C@H]2C3=CC[C@@H]4C(=O)N(c5ccc(N=Nc6ccc(N(C)C)cc6)cc5)C(=O)[C@@H]4[C@@H]3C[C@H]3C(=O)C(c4ccccc4)=CC(=O)[C@@]23c2ccccc2)c1O. The number of imide groups is 1. The van der Waals surface area contributed by atoms with E-state index in [0.717, 1.165) is 11.3 Å². The minimum Gasteiger partial charge on any atom is -0.507 e. The van der Waals surface area contributed by atoms with Crippen LogP contribution < -0.4 is 9.80 Å². The Kier molecular flexibility index (Phi) is 9.83. The van der Waals surface area contributed by atoms with Crippen LogP contribution in [0.3, 0.4) is 0 Å². The second kappa shape index (κ2) is 15.3. The predicted octanol–water partition coefficient (Wildman–Crippen LogP) is 9.63. The van der Waals surface area contributed by atoms with Crippen LogP contribution in [-0.4, -0.2) is 42.6 Å². The van der Waals surface area contributed by atoms with E-state index in [1.807, 2.05) is 128 Å². The number of rotatable bonds is 9. The van der Waals surface area contributed by atoms with Gasteiger partial charge >= 0.3 is 0 Å². The van der Waals surface area contributed by atoms with Crippen LogP contribution in [0.2, 0.25) is 0 Å². The average molecular weight is 793 g/mol. The summed E-state index contributed by atoms with van der Waals surface area (Å²) in [4.78, 5) is 63.1. The molecule has 9 nitrogen and oxygen atoms in total. The minimum absolute atomic E-state index is 0.0245. The number of azo groups is 1. The molecule has 1 saturated heterocycles. The predicted molar refractivity (Wildman–Crippen MR) is 232 cm³/mol. The third kappa shape index (κ3) is 6.15. The van der Waals surface area contributed by atoms with Crippen molar-refractivity contribution >= 4 is 51.7 Å². The quantitative estimate of drug-likeness (QED) is 0.0902. The number of carbonyl (C=O) groups is 4. The number of anilines is 2. The van der Waals surface area contributed by atoms with E-state index < -0.39 is 35.0 Å². The van der Waals surface area contributed by atoms with E-state index in [1.54, 1.807) is 30.3 Å². The van der Waals surface area contributed by atoms with Gasteiger partial charge in [0, 0.05) is 42.8 Å². The van der Waals surface area contributed by atoms with Gasteiger partial charge in [-0.3, -0.25) is 24.1 Å². The highest BCUT2D eigenvalue weighted by Gasteiger charge is 2.66. The highest BCUT2D eigenvalue weighted by Crippen LogP contribution is 2.64. The van der Waals surface area contributed by atoms with E-state index in [4.69, 9.17) is 0 Å². The topological polar surface area (TPSA) is 120 Å². The van der Waals surface area contributed by atoms with Crippen molar-refractivity contribution in [1.82, 2.24) is 0 Å². The zero-order valence-corrected chi connectivity index (χ0v) is 33.4. The number of nitrogens with zero attached hydrogens (tertiary/aromatic N) is 4.